The molecule has 1 saturated heterocycles. The summed E-state index contributed by atoms with van der Waals surface area (Å²) in [7, 11) is 1.86. The zero-order chi connectivity index (χ0) is 16.1. The minimum absolute atomic E-state index is 0.162. The van der Waals surface area contributed by atoms with E-state index in [1.807, 2.05) is 37.4 Å². The van der Waals surface area contributed by atoms with Gasteiger partial charge in [-0.3, -0.25) is 9.69 Å². The minimum atomic E-state index is 0.162. The summed E-state index contributed by atoms with van der Waals surface area (Å²) in [5, 5.41) is 0. The van der Waals surface area contributed by atoms with E-state index in [0.717, 1.165) is 18.8 Å². The van der Waals surface area contributed by atoms with E-state index in [-0.39, 0.29) is 5.91 Å². The van der Waals surface area contributed by atoms with E-state index in [1.54, 1.807) is 16.7 Å². The van der Waals surface area contributed by atoms with Gasteiger partial charge < -0.3 is 4.90 Å². The fourth-order valence-electron chi connectivity index (χ4n) is 2.74. The molecule has 2 aromatic rings. The number of carbonyl (C=O) groups excluding carboxylic acids is 1. The van der Waals surface area contributed by atoms with Crippen LogP contribution in [0.15, 0.2) is 64.4 Å². The second kappa shape index (κ2) is 7.66. The molecule has 1 fully saturated rings. The van der Waals surface area contributed by atoms with Gasteiger partial charge in [-0.2, -0.15) is 0 Å². The van der Waals surface area contributed by atoms with Crippen LogP contribution in [0.1, 0.15) is 12.8 Å². The Hall–Kier alpha value is -1.78. The van der Waals surface area contributed by atoms with Gasteiger partial charge in [0.05, 0.1) is 6.54 Å². The smallest absolute Gasteiger partial charge is 0.240 e. The van der Waals surface area contributed by atoms with E-state index in [0.29, 0.717) is 6.54 Å². The molecule has 0 spiro atoms. The Morgan fingerprint density at radius 2 is 1.61 bits per heavy atom. The van der Waals surface area contributed by atoms with Crippen molar-refractivity contribution in [2.45, 2.75) is 22.6 Å². The largest absolute Gasteiger partial charge is 0.314 e. The number of hydrogen-bond acceptors (Lipinski definition) is 3. The fraction of sp³-hybridized carbons (Fsp3) is 0.316. The number of carbonyl (C=O) groups is 1. The first-order valence-corrected chi connectivity index (χ1v) is 8.86. The lowest BCUT2D eigenvalue weighted by Gasteiger charge is -2.21. The van der Waals surface area contributed by atoms with E-state index in [2.05, 4.69) is 29.2 Å². The molecule has 0 atom stereocenters. The molecule has 0 saturated carbocycles. The van der Waals surface area contributed by atoms with Crippen LogP contribution in [0.2, 0.25) is 0 Å². The molecule has 0 unspecified atom stereocenters. The maximum absolute atomic E-state index is 12.4. The maximum atomic E-state index is 12.4. The van der Waals surface area contributed by atoms with Crippen LogP contribution in [0.3, 0.4) is 0 Å². The third-order valence-corrected chi connectivity index (χ3v) is 5.15. The number of amides is 1. The van der Waals surface area contributed by atoms with Crippen molar-refractivity contribution in [1.82, 2.24) is 4.90 Å². The summed E-state index contributed by atoms with van der Waals surface area (Å²) < 4.78 is 0. The molecule has 1 amide bonds. The predicted molar refractivity (Wildman–Crippen MR) is 96.1 cm³/mol. The Balaban J connectivity index is 1.60. The van der Waals surface area contributed by atoms with Crippen LogP contribution >= 0.6 is 11.8 Å². The van der Waals surface area contributed by atoms with Gasteiger partial charge in [0.15, 0.2) is 0 Å². The highest BCUT2D eigenvalue weighted by Crippen LogP contribution is 2.28. The number of anilines is 1. The first kappa shape index (κ1) is 16.1. The highest BCUT2D eigenvalue weighted by Gasteiger charge is 2.18. The van der Waals surface area contributed by atoms with Gasteiger partial charge in [0, 0.05) is 22.5 Å². The molecule has 2 aromatic carbocycles. The zero-order valence-electron chi connectivity index (χ0n) is 13.4. The molecule has 0 aromatic heterocycles. The van der Waals surface area contributed by atoms with Crippen molar-refractivity contribution in [2.24, 2.45) is 0 Å². The van der Waals surface area contributed by atoms with Gasteiger partial charge in [0.1, 0.15) is 0 Å². The highest BCUT2D eigenvalue weighted by molar-refractivity contribution is 7.99. The van der Waals surface area contributed by atoms with Crippen LogP contribution in [0.4, 0.5) is 5.69 Å². The topological polar surface area (TPSA) is 23.6 Å². The van der Waals surface area contributed by atoms with Gasteiger partial charge >= 0.3 is 0 Å². The SMILES string of the molecule is CN(C(=O)CN1CCCC1)c1ccc(Sc2ccccc2)cc1. The normalized spacial score (nSPS) is 14.8. The van der Waals surface area contributed by atoms with Crippen LogP contribution in [0, 0.1) is 0 Å². The van der Waals surface area contributed by atoms with Gasteiger partial charge in [-0.15, -0.1) is 0 Å². The molecule has 0 N–H and O–H groups in total. The number of benzene rings is 2. The van der Waals surface area contributed by atoms with Crippen molar-refractivity contribution in [2.75, 3.05) is 31.6 Å². The van der Waals surface area contributed by atoms with Gasteiger partial charge in [-0.1, -0.05) is 30.0 Å². The maximum Gasteiger partial charge on any atom is 0.240 e. The lowest BCUT2D eigenvalue weighted by atomic mass is 10.3. The van der Waals surface area contributed by atoms with Crippen LogP contribution in [0.25, 0.3) is 0 Å². The molecule has 3 nitrogen and oxygen atoms in total. The Kier molecular flexibility index (Phi) is 5.36. The van der Waals surface area contributed by atoms with Crippen molar-refractivity contribution < 1.29 is 4.79 Å². The van der Waals surface area contributed by atoms with Crippen LogP contribution < -0.4 is 4.90 Å². The number of rotatable bonds is 5. The molecule has 3 rings (SSSR count). The molecule has 1 heterocycles. The summed E-state index contributed by atoms with van der Waals surface area (Å²) in [5.41, 5.74) is 0.951. The standard InChI is InChI=1S/C19H22N2OS/c1-20(19(22)15-21-13-5-6-14-21)16-9-11-18(12-10-16)23-17-7-3-2-4-8-17/h2-4,7-12H,5-6,13-15H2,1H3. The lowest BCUT2D eigenvalue weighted by Crippen LogP contribution is -2.37. The molecular weight excluding hydrogens is 304 g/mol. The summed E-state index contributed by atoms with van der Waals surface area (Å²) in [4.78, 5) is 18.8. The molecule has 120 valence electrons. The number of hydrogen-bond donors (Lipinski definition) is 0. The Morgan fingerprint density at radius 1 is 1.00 bits per heavy atom. The van der Waals surface area contributed by atoms with Gasteiger partial charge in [0.25, 0.3) is 0 Å². The van der Waals surface area contributed by atoms with Crippen molar-refractivity contribution in [3.63, 3.8) is 0 Å². The summed E-state index contributed by atoms with van der Waals surface area (Å²) in [6, 6.07) is 18.5. The Labute approximate surface area is 142 Å². The predicted octanol–water partition coefficient (Wildman–Crippen LogP) is 3.90. The molecule has 0 radical (unpaired) electrons. The first-order chi connectivity index (χ1) is 11.2. The Bertz CT molecular complexity index is 636. The summed E-state index contributed by atoms with van der Waals surface area (Å²) in [6.07, 6.45) is 2.42. The van der Waals surface area contributed by atoms with E-state index in [1.165, 1.54) is 22.6 Å². The van der Waals surface area contributed by atoms with Gasteiger partial charge in [-0.25, -0.2) is 0 Å². The van der Waals surface area contributed by atoms with Crippen molar-refractivity contribution in [3.05, 3.63) is 54.6 Å². The summed E-state index contributed by atoms with van der Waals surface area (Å²) in [5.74, 6) is 0.162. The monoisotopic (exact) mass is 326 g/mol. The minimum Gasteiger partial charge on any atom is -0.314 e. The molecule has 23 heavy (non-hydrogen) atoms. The summed E-state index contributed by atoms with van der Waals surface area (Å²) in [6.45, 7) is 2.62. The second-order valence-electron chi connectivity index (χ2n) is 5.85. The van der Waals surface area contributed by atoms with Crippen LogP contribution in [-0.4, -0.2) is 37.5 Å². The average molecular weight is 326 g/mol. The van der Waals surface area contributed by atoms with E-state index < -0.39 is 0 Å². The third kappa shape index (κ3) is 4.36. The van der Waals surface area contributed by atoms with Crippen molar-refractivity contribution in [1.29, 1.82) is 0 Å². The average Bonchev–Trinajstić information content (AvgIpc) is 3.09. The Morgan fingerprint density at radius 3 is 2.26 bits per heavy atom. The quantitative estimate of drug-likeness (QED) is 0.832. The number of likely N-dealkylation sites (N-methyl/N-ethyl adjacent to an activating group) is 1. The first-order valence-electron chi connectivity index (χ1n) is 8.04. The second-order valence-corrected chi connectivity index (χ2v) is 6.99. The van der Waals surface area contributed by atoms with E-state index in [4.69, 9.17) is 0 Å². The van der Waals surface area contributed by atoms with Crippen molar-refractivity contribution >= 4 is 23.4 Å². The van der Waals surface area contributed by atoms with E-state index >= 15 is 0 Å². The van der Waals surface area contributed by atoms with E-state index in [9.17, 15) is 4.79 Å². The molecule has 1 aliphatic rings. The van der Waals surface area contributed by atoms with Gasteiger partial charge in [-0.05, 0) is 62.3 Å². The molecular formula is C19H22N2OS. The summed E-state index contributed by atoms with van der Waals surface area (Å²) >= 11 is 1.73. The zero-order valence-corrected chi connectivity index (χ0v) is 14.3. The lowest BCUT2D eigenvalue weighted by molar-refractivity contribution is -0.119. The molecule has 4 heteroatoms. The van der Waals surface area contributed by atoms with Gasteiger partial charge in [0.2, 0.25) is 5.91 Å². The van der Waals surface area contributed by atoms with Crippen molar-refractivity contribution in [3.8, 4) is 0 Å². The molecule has 0 aliphatic carbocycles. The third-order valence-electron chi connectivity index (χ3n) is 4.13. The molecule has 0 bridgehead atoms. The number of nitrogens with zero attached hydrogens (tertiary/aromatic N) is 2. The highest BCUT2D eigenvalue weighted by atomic mass is 32.2. The number of likely N-dealkylation sites (tertiary alicyclic amines) is 1. The molecule has 1 aliphatic heterocycles. The fourth-order valence-corrected chi connectivity index (χ4v) is 3.58. The van der Waals surface area contributed by atoms with Crippen LogP contribution in [0.5, 0.6) is 0 Å². The van der Waals surface area contributed by atoms with Crippen LogP contribution in [-0.2, 0) is 4.79 Å².